The molecule has 0 aliphatic carbocycles. The van der Waals surface area contributed by atoms with Gasteiger partial charge in [-0.15, -0.1) is 10.2 Å². The minimum Gasteiger partial charge on any atom is -0.501 e. The summed E-state index contributed by atoms with van der Waals surface area (Å²) in [5.74, 6) is -0.448. The van der Waals surface area contributed by atoms with E-state index in [1.807, 2.05) is 13.0 Å². The third kappa shape index (κ3) is 2.54. The lowest BCUT2D eigenvalue weighted by atomic mass is 10.2. The van der Waals surface area contributed by atoms with Crippen LogP contribution in [0.15, 0.2) is 51.8 Å². The largest absolute Gasteiger partial charge is 0.501 e. The second kappa shape index (κ2) is 5.71. The van der Waals surface area contributed by atoms with Crippen LogP contribution in [0.25, 0.3) is 28.7 Å². The minimum atomic E-state index is -0.610. The standard InChI is InChI=1S/C17H11ClN4O3/c1-9-6-7-12-19-13(14(23)17(24)22(12)8-9)16-21-20-15(25-16)10-4-2-3-5-11(10)18/h2-8,23H,1H3. The van der Waals surface area contributed by atoms with Crippen LogP contribution in [0.3, 0.4) is 0 Å². The van der Waals surface area contributed by atoms with Gasteiger partial charge in [0.25, 0.3) is 5.89 Å². The summed E-state index contributed by atoms with van der Waals surface area (Å²) < 4.78 is 6.83. The molecule has 0 spiro atoms. The van der Waals surface area contributed by atoms with Crippen molar-refractivity contribution in [1.82, 2.24) is 19.6 Å². The molecule has 3 aromatic heterocycles. The highest BCUT2D eigenvalue weighted by Gasteiger charge is 2.20. The first-order valence-corrected chi connectivity index (χ1v) is 7.73. The van der Waals surface area contributed by atoms with Crippen molar-refractivity contribution in [3.8, 4) is 28.8 Å². The van der Waals surface area contributed by atoms with E-state index in [1.54, 1.807) is 36.5 Å². The van der Waals surface area contributed by atoms with Gasteiger partial charge in [-0.3, -0.25) is 9.20 Å². The highest BCUT2D eigenvalue weighted by Crippen LogP contribution is 2.30. The maximum atomic E-state index is 12.4. The number of nitrogens with zero attached hydrogens (tertiary/aromatic N) is 4. The lowest BCUT2D eigenvalue weighted by molar-refractivity contribution is 0.460. The number of halogens is 1. The molecule has 4 rings (SSSR count). The Bertz CT molecular complexity index is 1170. The fourth-order valence-corrected chi connectivity index (χ4v) is 2.66. The molecule has 0 atom stereocenters. The first-order chi connectivity index (χ1) is 12.0. The molecule has 0 saturated heterocycles. The van der Waals surface area contributed by atoms with Crippen molar-refractivity contribution in [2.24, 2.45) is 0 Å². The minimum absolute atomic E-state index is 0.0624. The van der Waals surface area contributed by atoms with Crippen LogP contribution in [0.1, 0.15) is 5.56 Å². The van der Waals surface area contributed by atoms with Gasteiger partial charge in [-0.2, -0.15) is 0 Å². The molecule has 25 heavy (non-hydrogen) atoms. The predicted octanol–water partition coefficient (Wildman–Crippen LogP) is 3.08. The smallest absolute Gasteiger partial charge is 0.300 e. The Labute approximate surface area is 146 Å². The van der Waals surface area contributed by atoms with Gasteiger partial charge in [0.2, 0.25) is 11.6 Å². The Hall–Kier alpha value is -3.19. The van der Waals surface area contributed by atoms with Gasteiger partial charge in [-0.05, 0) is 30.7 Å². The van der Waals surface area contributed by atoms with Crippen molar-refractivity contribution in [3.63, 3.8) is 0 Å². The van der Waals surface area contributed by atoms with Gasteiger partial charge in [-0.1, -0.05) is 29.8 Å². The van der Waals surface area contributed by atoms with E-state index in [9.17, 15) is 9.90 Å². The summed E-state index contributed by atoms with van der Waals surface area (Å²) in [5, 5.41) is 18.5. The number of aryl methyl sites for hydroxylation is 1. The van der Waals surface area contributed by atoms with Crippen molar-refractivity contribution < 1.29 is 9.52 Å². The number of benzene rings is 1. The molecule has 0 fully saturated rings. The average Bonchev–Trinajstić information content (AvgIpc) is 3.08. The lowest BCUT2D eigenvalue weighted by Gasteiger charge is -2.04. The summed E-state index contributed by atoms with van der Waals surface area (Å²) in [6.45, 7) is 1.84. The van der Waals surface area contributed by atoms with E-state index in [0.29, 0.717) is 16.2 Å². The zero-order valence-corrected chi connectivity index (χ0v) is 13.7. The van der Waals surface area contributed by atoms with Crippen LogP contribution >= 0.6 is 11.6 Å². The number of fused-ring (bicyclic) bond motifs is 1. The van der Waals surface area contributed by atoms with Crippen molar-refractivity contribution in [1.29, 1.82) is 0 Å². The summed E-state index contributed by atoms with van der Waals surface area (Å²) in [4.78, 5) is 16.6. The van der Waals surface area contributed by atoms with Crippen molar-refractivity contribution in [2.75, 3.05) is 0 Å². The fourth-order valence-electron chi connectivity index (χ4n) is 2.45. The van der Waals surface area contributed by atoms with E-state index in [0.717, 1.165) is 5.56 Å². The quantitative estimate of drug-likeness (QED) is 0.594. The molecule has 0 bridgehead atoms. The molecule has 124 valence electrons. The van der Waals surface area contributed by atoms with Crippen molar-refractivity contribution >= 4 is 17.2 Å². The van der Waals surface area contributed by atoms with Crippen LogP contribution in [-0.4, -0.2) is 24.7 Å². The first kappa shape index (κ1) is 15.3. The Kier molecular flexibility index (Phi) is 3.51. The topological polar surface area (TPSA) is 93.5 Å². The molecule has 3 heterocycles. The molecule has 1 N–H and O–H groups in total. The normalized spacial score (nSPS) is 11.1. The van der Waals surface area contributed by atoms with Crippen molar-refractivity contribution in [3.05, 3.63) is 63.5 Å². The number of aromatic hydroxyl groups is 1. The Morgan fingerprint density at radius 1 is 1.12 bits per heavy atom. The molecular formula is C17H11ClN4O3. The van der Waals surface area contributed by atoms with Gasteiger partial charge < -0.3 is 9.52 Å². The summed E-state index contributed by atoms with van der Waals surface area (Å²) in [6, 6.07) is 10.5. The molecule has 1 aromatic carbocycles. The van der Waals surface area contributed by atoms with E-state index >= 15 is 0 Å². The maximum absolute atomic E-state index is 12.4. The molecule has 7 nitrogen and oxygen atoms in total. The first-order valence-electron chi connectivity index (χ1n) is 7.35. The Morgan fingerprint density at radius 3 is 2.68 bits per heavy atom. The van der Waals surface area contributed by atoms with E-state index < -0.39 is 11.3 Å². The number of hydrogen-bond donors (Lipinski definition) is 1. The number of rotatable bonds is 2. The Morgan fingerprint density at radius 2 is 1.88 bits per heavy atom. The third-order valence-electron chi connectivity index (χ3n) is 3.68. The maximum Gasteiger partial charge on any atom is 0.300 e. The average molecular weight is 355 g/mol. The Balaban J connectivity index is 1.89. The van der Waals surface area contributed by atoms with Crippen LogP contribution in [0, 0.1) is 6.92 Å². The van der Waals surface area contributed by atoms with Crippen LogP contribution in [0.2, 0.25) is 5.02 Å². The van der Waals surface area contributed by atoms with Gasteiger partial charge in [0.05, 0.1) is 10.6 Å². The van der Waals surface area contributed by atoms with E-state index in [4.69, 9.17) is 16.0 Å². The van der Waals surface area contributed by atoms with Crippen LogP contribution in [0.5, 0.6) is 5.75 Å². The highest BCUT2D eigenvalue weighted by molar-refractivity contribution is 6.33. The summed E-state index contributed by atoms with van der Waals surface area (Å²) in [6.07, 6.45) is 1.59. The third-order valence-corrected chi connectivity index (χ3v) is 4.01. The SMILES string of the molecule is Cc1ccc2nc(-c3nnc(-c4ccccc4Cl)o3)c(O)c(=O)n2c1. The molecule has 4 aromatic rings. The summed E-state index contributed by atoms with van der Waals surface area (Å²) in [5.41, 5.74) is 1.10. The molecule has 0 amide bonds. The van der Waals surface area contributed by atoms with E-state index in [2.05, 4.69) is 15.2 Å². The molecular weight excluding hydrogens is 344 g/mol. The van der Waals surface area contributed by atoms with E-state index in [1.165, 1.54) is 4.40 Å². The van der Waals surface area contributed by atoms with Gasteiger partial charge in [0.1, 0.15) is 5.65 Å². The lowest BCUT2D eigenvalue weighted by Crippen LogP contribution is -2.15. The second-order valence-corrected chi connectivity index (χ2v) is 5.85. The second-order valence-electron chi connectivity index (χ2n) is 5.44. The van der Waals surface area contributed by atoms with E-state index in [-0.39, 0.29) is 17.5 Å². The monoisotopic (exact) mass is 354 g/mol. The highest BCUT2D eigenvalue weighted by atomic mass is 35.5. The van der Waals surface area contributed by atoms with Gasteiger partial charge in [0.15, 0.2) is 5.69 Å². The van der Waals surface area contributed by atoms with Gasteiger partial charge in [0, 0.05) is 6.20 Å². The zero-order chi connectivity index (χ0) is 17.6. The van der Waals surface area contributed by atoms with Gasteiger partial charge in [-0.25, -0.2) is 4.98 Å². The molecule has 0 radical (unpaired) electrons. The molecule has 0 saturated carbocycles. The molecule has 0 aliphatic heterocycles. The number of hydrogen-bond acceptors (Lipinski definition) is 6. The van der Waals surface area contributed by atoms with Gasteiger partial charge >= 0.3 is 5.56 Å². The molecule has 0 aliphatic rings. The molecule has 8 heteroatoms. The van der Waals surface area contributed by atoms with Crippen LogP contribution < -0.4 is 5.56 Å². The van der Waals surface area contributed by atoms with Crippen LogP contribution in [0.4, 0.5) is 0 Å². The van der Waals surface area contributed by atoms with Crippen LogP contribution in [-0.2, 0) is 0 Å². The number of aromatic nitrogens is 4. The van der Waals surface area contributed by atoms with Crippen molar-refractivity contribution in [2.45, 2.75) is 6.92 Å². The summed E-state index contributed by atoms with van der Waals surface area (Å²) in [7, 11) is 0. The predicted molar refractivity (Wildman–Crippen MR) is 91.6 cm³/mol. The zero-order valence-electron chi connectivity index (χ0n) is 13.0. The summed E-state index contributed by atoms with van der Waals surface area (Å²) >= 11 is 6.12. The fraction of sp³-hybridized carbons (Fsp3) is 0.0588. The molecule has 0 unspecified atom stereocenters. The number of pyridine rings is 1.